The highest BCUT2D eigenvalue weighted by molar-refractivity contribution is 9.10. The van der Waals surface area contributed by atoms with Crippen molar-refractivity contribution >= 4 is 37.3 Å². The molecule has 0 radical (unpaired) electrons. The summed E-state index contributed by atoms with van der Waals surface area (Å²) >= 11 is 4.57. The maximum atomic E-state index is 14.3. The van der Waals surface area contributed by atoms with Gasteiger partial charge < -0.3 is 5.32 Å². The minimum atomic E-state index is -3.95. The van der Waals surface area contributed by atoms with Gasteiger partial charge in [0.1, 0.15) is 10.7 Å². The molecule has 0 atom stereocenters. The summed E-state index contributed by atoms with van der Waals surface area (Å²) in [6.45, 7) is 0.263. The molecule has 5 nitrogen and oxygen atoms in total. The van der Waals surface area contributed by atoms with E-state index in [9.17, 15) is 12.8 Å². The second kappa shape index (κ2) is 6.93. The smallest absolute Gasteiger partial charge is 0.243 e. The lowest BCUT2D eigenvalue weighted by Gasteiger charge is -2.11. The lowest BCUT2D eigenvalue weighted by atomic mass is 10.2. The molecule has 2 rings (SSSR count). The van der Waals surface area contributed by atoms with Crippen LogP contribution in [0.25, 0.3) is 0 Å². The molecular formula is C12H13BrFN3O2S2. The zero-order valence-electron chi connectivity index (χ0n) is 11.1. The number of hydrogen-bond donors (Lipinski definition) is 2. The maximum absolute atomic E-state index is 14.3. The van der Waals surface area contributed by atoms with Crippen molar-refractivity contribution in [3.05, 3.63) is 44.6 Å². The first-order chi connectivity index (χ1) is 9.94. The quantitative estimate of drug-likeness (QED) is 0.789. The Labute approximate surface area is 134 Å². The Balaban J connectivity index is 2.30. The van der Waals surface area contributed by atoms with E-state index in [-0.39, 0.29) is 23.5 Å². The summed E-state index contributed by atoms with van der Waals surface area (Å²) in [5.41, 5.74) is 2.48. The molecule has 0 unspecified atom stereocenters. The topological polar surface area (TPSA) is 71.1 Å². The molecule has 0 fully saturated rings. The van der Waals surface area contributed by atoms with Crippen molar-refractivity contribution in [2.45, 2.75) is 18.0 Å². The minimum Gasteiger partial charge on any atom is -0.316 e. The molecule has 0 aliphatic carbocycles. The van der Waals surface area contributed by atoms with Gasteiger partial charge in [0.05, 0.1) is 17.7 Å². The van der Waals surface area contributed by atoms with Crippen LogP contribution < -0.4 is 10.0 Å². The molecule has 114 valence electrons. The number of nitrogens with zero attached hydrogens (tertiary/aromatic N) is 1. The fourth-order valence-electron chi connectivity index (χ4n) is 1.70. The fraction of sp³-hybridized carbons (Fsp3) is 0.250. The molecule has 2 aromatic rings. The second-order valence-corrected chi connectivity index (χ2v) is 7.58. The molecule has 0 saturated carbocycles. The number of rotatable bonds is 6. The minimum absolute atomic E-state index is 0.0269. The zero-order valence-corrected chi connectivity index (χ0v) is 14.3. The number of aromatic nitrogens is 1. The summed E-state index contributed by atoms with van der Waals surface area (Å²) in [7, 11) is -2.29. The highest BCUT2D eigenvalue weighted by Gasteiger charge is 2.22. The molecule has 9 heteroatoms. The SMILES string of the molecule is CNCc1cc(Br)cc(S(=O)(=O)NCc2cscn2)c1F. The molecule has 1 heterocycles. The molecule has 0 spiro atoms. The van der Waals surface area contributed by atoms with Crippen LogP contribution in [0.4, 0.5) is 4.39 Å². The number of hydrogen-bond acceptors (Lipinski definition) is 5. The van der Waals surface area contributed by atoms with Crippen LogP contribution in [0.2, 0.25) is 0 Å². The molecule has 1 aromatic heterocycles. The van der Waals surface area contributed by atoms with Crippen LogP contribution in [0.15, 0.2) is 32.4 Å². The van der Waals surface area contributed by atoms with E-state index in [1.54, 1.807) is 24.0 Å². The van der Waals surface area contributed by atoms with E-state index in [0.717, 1.165) is 0 Å². The van der Waals surface area contributed by atoms with Crippen LogP contribution in [-0.4, -0.2) is 20.4 Å². The van der Waals surface area contributed by atoms with E-state index in [0.29, 0.717) is 10.2 Å². The van der Waals surface area contributed by atoms with Crippen LogP contribution in [0, 0.1) is 5.82 Å². The molecular weight excluding hydrogens is 381 g/mol. The van der Waals surface area contributed by atoms with E-state index in [1.807, 2.05) is 0 Å². The monoisotopic (exact) mass is 393 g/mol. The van der Waals surface area contributed by atoms with E-state index in [4.69, 9.17) is 0 Å². The van der Waals surface area contributed by atoms with Crippen molar-refractivity contribution in [1.82, 2.24) is 15.0 Å². The van der Waals surface area contributed by atoms with Gasteiger partial charge >= 0.3 is 0 Å². The third kappa shape index (κ3) is 4.07. The van der Waals surface area contributed by atoms with Gasteiger partial charge in [-0.2, -0.15) is 0 Å². The molecule has 1 aromatic carbocycles. The molecule has 0 saturated heterocycles. The summed E-state index contributed by atoms with van der Waals surface area (Å²) in [6.07, 6.45) is 0. The van der Waals surface area contributed by atoms with Crippen molar-refractivity contribution in [2.24, 2.45) is 0 Å². The van der Waals surface area contributed by atoms with E-state index >= 15 is 0 Å². The maximum Gasteiger partial charge on any atom is 0.243 e. The Bertz CT molecular complexity index is 720. The van der Waals surface area contributed by atoms with Gasteiger partial charge in [-0.05, 0) is 19.2 Å². The van der Waals surface area contributed by atoms with Gasteiger partial charge in [0.25, 0.3) is 0 Å². The highest BCUT2D eigenvalue weighted by atomic mass is 79.9. The van der Waals surface area contributed by atoms with Crippen molar-refractivity contribution in [2.75, 3.05) is 7.05 Å². The van der Waals surface area contributed by atoms with Crippen molar-refractivity contribution in [3.8, 4) is 0 Å². The normalized spacial score (nSPS) is 11.8. The lowest BCUT2D eigenvalue weighted by Crippen LogP contribution is -2.25. The molecule has 0 bridgehead atoms. The van der Waals surface area contributed by atoms with Crippen molar-refractivity contribution < 1.29 is 12.8 Å². The van der Waals surface area contributed by atoms with Gasteiger partial charge in [0.15, 0.2) is 0 Å². The number of benzene rings is 1. The average Bonchev–Trinajstić information content (AvgIpc) is 2.94. The summed E-state index contributed by atoms with van der Waals surface area (Å²) < 4.78 is 41.6. The van der Waals surface area contributed by atoms with Crippen LogP contribution in [-0.2, 0) is 23.1 Å². The standard InChI is InChI=1S/C12H13BrFN3O2S2/c1-15-4-8-2-9(13)3-11(12(8)14)21(18,19)17-5-10-6-20-7-16-10/h2-3,6-7,15,17H,4-5H2,1H3. The Morgan fingerprint density at radius 2 is 2.14 bits per heavy atom. The van der Waals surface area contributed by atoms with Crippen molar-refractivity contribution in [3.63, 3.8) is 0 Å². The Kier molecular flexibility index (Phi) is 5.44. The third-order valence-electron chi connectivity index (χ3n) is 2.66. The summed E-state index contributed by atoms with van der Waals surface area (Å²) in [5.74, 6) is -0.752. The molecule has 21 heavy (non-hydrogen) atoms. The van der Waals surface area contributed by atoms with Crippen LogP contribution in [0.3, 0.4) is 0 Å². The summed E-state index contributed by atoms with van der Waals surface area (Å²) in [5, 5.41) is 4.53. The zero-order chi connectivity index (χ0) is 15.5. The Hall–Kier alpha value is -0.870. The number of sulfonamides is 1. The molecule has 2 N–H and O–H groups in total. The van der Waals surface area contributed by atoms with E-state index in [2.05, 4.69) is 31.0 Å². The highest BCUT2D eigenvalue weighted by Crippen LogP contribution is 2.24. The summed E-state index contributed by atoms with van der Waals surface area (Å²) in [6, 6.07) is 2.79. The largest absolute Gasteiger partial charge is 0.316 e. The first-order valence-corrected chi connectivity index (χ1v) is 9.15. The van der Waals surface area contributed by atoms with Gasteiger partial charge in [-0.25, -0.2) is 22.5 Å². The van der Waals surface area contributed by atoms with E-state index in [1.165, 1.54) is 17.4 Å². The van der Waals surface area contributed by atoms with Crippen molar-refractivity contribution in [1.29, 1.82) is 0 Å². The van der Waals surface area contributed by atoms with Gasteiger partial charge in [-0.15, -0.1) is 11.3 Å². The van der Waals surface area contributed by atoms with Crippen LogP contribution in [0.1, 0.15) is 11.3 Å². The predicted molar refractivity (Wildman–Crippen MR) is 83.0 cm³/mol. The predicted octanol–water partition coefficient (Wildman–Crippen LogP) is 2.24. The van der Waals surface area contributed by atoms with Gasteiger partial charge in [0.2, 0.25) is 10.0 Å². The third-order valence-corrected chi connectivity index (χ3v) is 5.16. The van der Waals surface area contributed by atoms with Gasteiger partial charge in [-0.1, -0.05) is 15.9 Å². The molecule has 0 aliphatic rings. The van der Waals surface area contributed by atoms with Gasteiger partial charge in [-0.3, -0.25) is 0 Å². The second-order valence-electron chi connectivity index (χ2n) is 4.21. The van der Waals surface area contributed by atoms with Gasteiger partial charge in [0, 0.05) is 22.0 Å². The summed E-state index contributed by atoms with van der Waals surface area (Å²) in [4.78, 5) is 3.60. The number of thiazole rings is 1. The van der Waals surface area contributed by atoms with Crippen LogP contribution in [0.5, 0.6) is 0 Å². The fourth-order valence-corrected chi connectivity index (χ4v) is 4.06. The first kappa shape index (κ1) is 16.5. The lowest BCUT2D eigenvalue weighted by molar-refractivity contribution is 0.545. The Morgan fingerprint density at radius 1 is 1.38 bits per heavy atom. The van der Waals surface area contributed by atoms with Crippen LogP contribution >= 0.6 is 27.3 Å². The first-order valence-electron chi connectivity index (χ1n) is 5.93. The number of nitrogens with one attached hydrogen (secondary N) is 2. The average molecular weight is 394 g/mol. The molecule has 0 amide bonds. The number of halogens is 2. The molecule has 0 aliphatic heterocycles. The Morgan fingerprint density at radius 3 is 2.76 bits per heavy atom. The van der Waals surface area contributed by atoms with E-state index < -0.39 is 15.8 Å².